The number of fused-ring (bicyclic) bond motifs is 4. The van der Waals surface area contributed by atoms with Crippen LogP contribution in [0.4, 0.5) is 10.5 Å². The molecular formula is C29H35N4O4+. The molecule has 1 heterocycles. The highest BCUT2D eigenvalue weighted by Gasteiger charge is 2.28. The molecule has 194 valence electrons. The maximum absolute atomic E-state index is 13.4. The average Bonchev–Trinajstić information content (AvgIpc) is 2.81. The summed E-state index contributed by atoms with van der Waals surface area (Å²) in [6, 6.07) is 12.7. The summed E-state index contributed by atoms with van der Waals surface area (Å²) in [4.78, 5) is 34.0. The van der Waals surface area contributed by atoms with Crippen LogP contribution in [0.5, 0.6) is 0 Å². The summed E-state index contributed by atoms with van der Waals surface area (Å²) in [6.45, 7) is 14.0. The molecule has 0 aromatic heterocycles. The molecule has 1 aliphatic carbocycles. The predicted molar refractivity (Wildman–Crippen MR) is 144 cm³/mol. The first-order valence-electron chi connectivity index (χ1n) is 12.6. The number of carbonyl (C=O) groups is 2. The zero-order valence-corrected chi connectivity index (χ0v) is 22.5. The quantitative estimate of drug-likeness (QED) is 0.283. The molecule has 1 aliphatic heterocycles. The first-order chi connectivity index (χ1) is 17.5. The van der Waals surface area contributed by atoms with Gasteiger partial charge in [0.1, 0.15) is 29.4 Å². The van der Waals surface area contributed by atoms with Gasteiger partial charge in [-0.2, -0.15) is 0 Å². The van der Waals surface area contributed by atoms with Crippen molar-refractivity contribution in [2.75, 3.05) is 11.9 Å². The standard InChI is InChI=1S/C29H34N4O4/c1-8-30-20-14-23-22(13-17(20)4)31-26-19-12-10-9-11-18(19)21(15-24(26)36-23)32-27(34)25(16(2)3)33-28(35)37-29(5,6)7/h9-16,25H,8H2,1-7H3,(H,32,34)(H,33,35)/p+1. The number of ether oxygens (including phenoxy) is 1. The van der Waals surface area contributed by atoms with Gasteiger partial charge in [-0.3, -0.25) is 4.79 Å². The van der Waals surface area contributed by atoms with Crippen LogP contribution in [0.15, 0.2) is 46.9 Å². The number of benzene rings is 3. The van der Waals surface area contributed by atoms with E-state index >= 15 is 0 Å². The fourth-order valence-corrected chi connectivity index (χ4v) is 4.27. The third-order valence-electron chi connectivity index (χ3n) is 5.99. The van der Waals surface area contributed by atoms with Crippen LogP contribution in [0.25, 0.3) is 33.3 Å². The Kier molecular flexibility index (Phi) is 7.21. The molecule has 0 spiro atoms. The third-order valence-corrected chi connectivity index (χ3v) is 5.99. The Bertz CT molecular complexity index is 1510. The smallest absolute Gasteiger partial charge is 0.408 e. The van der Waals surface area contributed by atoms with Crippen molar-refractivity contribution in [3.05, 3.63) is 53.4 Å². The van der Waals surface area contributed by atoms with Crippen LogP contribution in [-0.2, 0) is 9.53 Å². The Labute approximate surface area is 216 Å². The maximum Gasteiger partial charge on any atom is 0.408 e. The molecule has 2 aromatic carbocycles. The van der Waals surface area contributed by atoms with Gasteiger partial charge in [0.2, 0.25) is 11.3 Å². The molecule has 0 radical (unpaired) electrons. The molecule has 2 amide bonds. The van der Waals surface area contributed by atoms with Gasteiger partial charge in [0.25, 0.3) is 0 Å². The van der Waals surface area contributed by atoms with Crippen molar-refractivity contribution >= 4 is 39.6 Å². The summed E-state index contributed by atoms with van der Waals surface area (Å²) >= 11 is 0. The maximum atomic E-state index is 13.4. The van der Waals surface area contributed by atoms with Gasteiger partial charge in [-0.1, -0.05) is 38.1 Å². The summed E-state index contributed by atoms with van der Waals surface area (Å²) in [5.74, 6) is 0.139. The molecule has 3 N–H and O–H groups in total. The van der Waals surface area contributed by atoms with Gasteiger partial charge in [0.15, 0.2) is 11.3 Å². The molecule has 2 aromatic rings. The van der Waals surface area contributed by atoms with Gasteiger partial charge in [-0.25, -0.2) is 14.8 Å². The Balaban J connectivity index is 1.78. The van der Waals surface area contributed by atoms with Gasteiger partial charge in [-0.05, 0) is 46.6 Å². The van der Waals surface area contributed by atoms with E-state index in [1.165, 1.54) is 0 Å². The molecule has 4 rings (SSSR count). The molecule has 8 heteroatoms. The number of rotatable bonds is 5. The highest BCUT2D eigenvalue weighted by molar-refractivity contribution is 6.13. The Morgan fingerprint density at radius 3 is 2.46 bits per heavy atom. The normalized spacial score (nSPS) is 13.4. The summed E-state index contributed by atoms with van der Waals surface area (Å²) in [6.07, 6.45) is -0.637. The highest BCUT2D eigenvalue weighted by atomic mass is 16.6. The van der Waals surface area contributed by atoms with Crippen molar-refractivity contribution < 1.29 is 23.7 Å². The zero-order chi connectivity index (χ0) is 26.9. The molecule has 1 unspecified atom stereocenters. The number of hydrogen-bond donors (Lipinski definition) is 3. The molecule has 0 saturated heterocycles. The first kappa shape index (κ1) is 26.1. The lowest BCUT2D eigenvalue weighted by atomic mass is 10.0. The molecular weight excluding hydrogens is 468 g/mol. The number of anilines is 1. The van der Waals surface area contributed by atoms with Crippen molar-refractivity contribution in [2.24, 2.45) is 5.92 Å². The summed E-state index contributed by atoms with van der Waals surface area (Å²) < 4.78 is 11.7. The van der Waals surface area contributed by atoms with Gasteiger partial charge >= 0.3 is 6.09 Å². The number of alkyl carbamates (subject to hydrolysis) is 1. The van der Waals surface area contributed by atoms with E-state index in [0.717, 1.165) is 33.9 Å². The number of aryl methyl sites for hydroxylation is 1. The monoisotopic (exact) mass is 503 g/mol. The number of aromatic nitrogens is 1. The third kappa shape index (κ3) is 5.74. The Hall–Kier alpha value is -3.94. The van der Waals surface area contributed by atoms with E-state index in [-0.39, 0.29) is 11.8 Å². The van der Waals surface area contributed by atoms with E-state index in [1.54, 1.807) is 26.8 Å². The molecule has 2 aliphatic rings. The van der Waals surface area contributed by atoms with Crippen molar-refractivity contribution in [3.63, 3.8) is 0 Å². The van der Waals surface area contributed by atoms with Crippen molar-refractivity contribution in [3.8, 4) is 11.5 Å². The predicted octanol–water partition coefficient (Wildman–Crippen LogP) is 3.88. The number of carbonyl (C=O) groups excluding carboxylic acids is 2. The van der Waals surface area contributed by atoms with Crippen LogP contribution >= 0.6 is 0 Å². The fourth-order valence-electron chi connectivity index (χ4n) is 4.27. The van der Waals surface area contributed by atoms with Crippen molar-refractivity contribution in [1.29, 1.82) is 0 Å². The molecule has 0 bridgehead atoms. The summed E-state index contributed by atoms with van der Waals surface area (Å²) in [5, 5.41) is 8.39. The van der Waals surface area contributed by atoms with Crippen LogP contribution in [0.2, 0.25) is 0 Å². The van der Waals surface area contributed by atoms with Crippen LogP contribution in [0.3, 0.4) is 0 Å². The summed E-state index contributed by atoms with van der Waals surface area (Å²) in [7, 11) is 0. The largest absolute Gasteiger partial charge is 0.452 e. The SMILES string of the molecule is CC[NH+]=c1cc2oc3cc(NC(=O)C(NC(=O)OC(C)(C)C)C(C)C)c4ccccc4c3nc-2cc1C. The van der Waals surface area contributed by atoms with E-state index in [9.17, 15) is 9.59 Å². The van der Waals surface area contributed by atoms with Gasteiger partial charge in [-0.15, -0.1) is 0 Å². The molecule has 1 atom stereocenters. The van der Waals surface area contributed by atoms with E-state index in [1.807, 2.05) is 64.1 Å². The highest BCUT2D eigenvalue weighted by Crippen LogP contribution is 2.34. The number of hydrogen-bond acceptors (Lipinski definition) is 5. The van der Waals surface area contributed by atoms with Crippen LogP contribution in [0.1, 0.15) is 47.1 Å². The van der Waals surface area contributed by atoms with Gasteiger partial charge in [0.05, 0.1) is 11.8 Å². The van der Waals surface area contributed by atoms with Gasteiger partial charge in [0, 0.05) is 22.4 Å². The first-order valence-corrected chi connectivity index (χ1v) is 12.6. The Morgan fingerprint density at radius 1 is 1.11 bits per heavy atom. The van der Waals surface area contributed by atoms with Crippen LogP contribution in [0, 0.1) is 12.8 Å². The second-order valence-electron chi connectivity index (χ2n) is 10.6. The van der Waals surface area contributed by atoms with Crippen LogP contribution < -0.4 is 21.0 Å². The topological polar surface area (TPSA) is 107 Å². The van der Waals surface area contributed by atoms with E-state index < -0.39 is 17.7 Å². The minimum Gasteiger partial charge on any atom is -0.452 e. The Morgan fingerprint density at radius 2 is 1.81 bits per heavy atom. The molecule has 0 saturated carbocycles. The second-order valence-corrected chi connectivity index (χ2v) is 10.6. The lowest BCUT2D eigenvalue weighted by molar-refractivity contribution is -0.496. The molecule has 37 heavy (non-hydrogen) atoms. The van der Waals surface area contributed by atoms with Crippen molar-refractivity contribution in [1.82, 2.24) is 10.3 Å². The average molecular weight is 504 g/mol. The zero-order valence-electron chi connectivity index (χ0n) is 22.5. The minimum atomic E-state index is -0.790. The lowest BCUT2D eigenvalue weighted by Crippen LogP contribution is -2.76. The van der Waals surface area contributed by atoms with Crippen molar-refractivity contribution in [2.45, 2.75) is 60.1 Å². The fraction of sp³-hybridized carbons (Fsp3) is 0.379. The van der Waals surface area contributed by atoms with Crippen LogP contribution in [-0.4, -0.2) is 35.2 Å². The number of nitrogens with one attached hydrogen (secondary N) is 3. The summed E-state index contributed by atoms with van der Waals surface area (Å²) in [5.41, 5.74) is 3.02. The van der Waals surface area contributed by atoms with E-state index in [0.29, 0.717) is 22.5 Å². The molecule has 8 nitrogen and oxygen atoms in total. The number of amides is 2. The lowest BCUT2D eigenvalue weighted by Gasteiger charge is -2.25. The number of nitrogens with zero attached hydrogens (tertiary/aromatic N) is 1. The van der Waals surface area contributed by atoms with E-state index in [4.69, 9.17) is 14.1 Å². The van der Waals surface area contributed by atoms with Gasteiger partial charge < -0.3 is 19.8 Å². The van der Waals surface area contributed by atoms with E-state index in [2.05, 4.69) is 15.6 Å². The minimum absolute atomic E-state index is 0.165. The second kappa shape index (κ2) is 10.2. The molecule has 0 fully saturated rings.